The van der Waals surface area contributed by atoms with E-state index in [2.05, 4.69) is 14.7 Å². The average molecular weight is 701 g/mol. The van der Waals surface area contributed by atoms with Gasteiger partial charge >= 0.3 is 6.18 Å². The fourth-order valence-corrected chi connectivity index (χ4v) is 9.32. The van der Waals surface area contributed by atoms with E-state index >= 15 is 0 Å². The van der Waals surface area contributed by atoms with Gasteiger partial charge in [-0.2, -0.15) is 22.6 Å². The normalized spacial score (nSPS) is 22.1. The van der Waals surface area contributed by atoms with Crippen molar-refractivity contribution in [3.05, 3.63) is 35.0 Å². The summed E-state index contributed by atoms with van der Waals surface area (Å²) in [6.07, 6.45) is 0.698. The van der Waals surface area contributed by atoms with E-state index in [1.807, 2.05) is 0 Å². The molecule has 0 spiro atoms. The maximum Gasteiger partial charge on any atom is 0.417 e. The molecule has 10 nitrogen and oxygen atoms in total. The Morgan fingerprint density at radius 2 is 1.74 bits per heavy atom. The van der Waals surface area contributed by atoms with E-state index in [9.17, 15) is 26.7 Å². The Morgan fingerprint density at radius 3 is 2.43 bits per heavy atom. The van der Waals surface area contributed by atoms with Crippen LogP contribution in [0.4, 0.5) is 13.2 Å². The molecule has 262 valence electrons. The highest BCUT2D eigenvalue weighted by atomic mass is 32.2. The van der Waals surface area contributed by atoms with Crippen LogP contribution in [0.3, 0.4) is 0 Å². The maximum atomic E-state index is 14.1. The van der Waals surface area contributed by atoms with E-state index in [1.54, 1.807) is 10.7 Å². The third-order valence-corrected chi connectivity index (χ3v) is 12.2. The van der Waals surface area contributed by atoms with Gasteiger partial charge in [0.1, 0.15) is 0 Å². The van der Waals surface area contributed by atoms with Crippen molar-refractivity contribution in [2.24, 2.45) is 0 Å². The van der Waals surface area contributed by atoms with Crippen LogP contribution in [0.1, 0.15) is 42.5 Å². The molecule has 6 rings (SSSR count). The van der Waals surface area contributed by atoms with E-state index in [1.165, 1.54) is 28.4 Å². The first-order valence-electron chi connectivity index (χ1n) is 16.8. The lowest BCUT2D eigenvalue weighted by molar-refractivity contribution is -0.139. The van der Waals surface area contributed by atoms with Gasteiger partial charge in [0.25, 0.3) is 0 Å². The molecule has 5 heterocycles. The Hall–Kier alpha value is -1.72. The van der Waals surface area contributed by atoms with Gasteiger partial charge in [-0.05, 0) is 64.0 Å². The molecule has 0 bridgehead atoms. The summed E-state index contributed by atoms with van der Waals surface area (Å²) in [5, 5.41) is 16.1. The summed E-state index contributed by atoms with van der Waals surface area (Å²) in [6.45, 7) is 9.06. The molecule has 0 amide bonds. The van der Waals surface area contributed by atoms with Crippen molar-refractivity contribution in [2.45, 2.75) is 68.4 Å². The van der Waals surface area contributed by atoms with Crippen LogP contribution in [0, 0.1) is 0 Å². The minimum absolute atomic E-state index is 0.0904. The molecule has 1 atom stereocenters. The van der Waals surface area contributed by atoms with E-state index in [0.717, 1.165) is 96.5 Å². The number of likely N-dealkylation sites (tertiary alicyclic amines) is 2. The molecule has 1 aromatic carbocycles. The number of aromatic nitrogens is 2. The van der Waals surface area contributed by atoms with Crippen LogP contribution in [0.25, 0.3) is 11.3 Å². The molecule has 15 heteroatoms. The topological polar surface area (TPSA) is 94.4 Å². The summed E-state index contributed by atoms with van der Waals surface area (Å²) < 4.78 is 75.9. The smallest absolute Gasteiger partial charge is 0.390 e. The molecule has 0 aliphatic carbocycles. The van der Waals surface area contributed by atoms with E-state index in [4.69, 9.17) is 9.84 Å². The summed E-state index contributed by atoms with van der Waals surface area (Å²) in [7, 11) is -3.50. The molecule has 4 aliphatic heterocycles. The predicted octanol–water partition coefficient (Wildman–Crippen LogP) is 3.23. The number of hydrogen-bond acceptors (Lipinski definition) is 9. The fraction of sp³-hybridized carbons (Fsp3) is 0.719. The van der Waals surface area contributed by atoms with Crippen molar-refractivity contribution >= 4 is 21.8 Å². The monoisotopic (exact) mass is 700 g/mol. The van der Waals surface area contributed by atoms with Crippen LogP contribution in [0.15, 0.2) is 23.1 Å². The lowest BCUT2D eigenvalue weighted by Crippen LogP contribution is -2.50. The highest BCUT2D eigenvalue weighted by Gasteiger charge is 2.35. The number of sulfonamides is 1. The summed E-state index contributed by atoms with van der Waals surface area (Å²) >= 11 is 1.20. The minimum atomic E-state index is -4.50. The number of ether oxygens (including phenoxy) is 1. The second-order valence-electron chi connectivity index (χ2n) is 13.2. The van der Waals surface area contributed by atoms with E-state index in [0.29, 0.717) is 41.6 Å². The molecule has 3 fully saturated rings. The van der Waals surface area contributed by atoms with Crippen LogP contribution < -0.4 is 0 Å². The van der Waals surface area contributed by atoms with Crippen LogP contribution in [0.2, 0.25) is 0 Å². The quantitative estimate of drug-likeness (QED) is 0.355. The number of hydrogen-bond donors (Lipinski definition) is 1. The standard InChI is InChI=1S/C32H47F3N6O4S2/c1-47(43,44)40-13-8-29-27(23-40)31(24-4-5-28(32(33,34)35)30(20-24)46-19-16-37-9-2-3-10-37)36-41(29)22-26(42)21-38-11-6-25(7-12-38)39-14-17-45-18-15-39/h4-5,20,25-26,42H,2-3,6-19,21-23H2,1H3. The molecule has 4 aliphatic rings. The molecule has 47 heavy (non-hydrogen) atoms. The lowest BCUT2D eigenvalue weighted by Gasteiger charge is -2.40. The largest absolute Gasteiger partial charge is 0.417 e. The number of morpholine rings is 1. The van der Waals surface area contributed by atoms with Crippen LogP contribution in [0.5, 0.6) is 0 Å². The van der Waals surface area contributed by atoms with Crippen molar-refractivity contribution in [1.29, 1.82) is 0 Å². The van der Waals surface area contributed by atoms with E-state index < -0.39 is 27.9 Å². The highest BCUT2D eigenvalue weighted by molar-refractivity contribution is 7.99. The number of aliphatic hydroxyl groups excluding tert-OH is 1. The Kier molecular flexibility index (Phi) is 11.2. The predicted molar refractivity (Wildman–Crippen MR) is 176 cm³/mol. The summed E-state index contributed by atoms with van der Waals surface area (Å²) in [4.78, 5) is 7.21. The number of fused-ring (bicyclic) bond motifs is 1. The van der Waals surface area contributed by atoms with Gasteiger partial charge in [0.2, 0.25) is 10.0 Å². The first kappa shape index (κ1) is 35.1. The van der Waals surface area contributed by atoms with Crippen LogP contribution in [-0.2, 0) is 40.4 Å². The molecule has 0 saturated carbocycles. The van der Waals surface area contributed by atoms with Gasteiger partial charge in [0.05, 0.1) is 43.4 Å². The Labute approximate surface area is 280 Å². The lowest BCUT2D eigenvalue weighted by atomic mass is 10.0. The number of halogens is 3. The second kappa shape index (κ2) is 15.0. The molecule has 2 aromatic rings. The molecular weight excluding hydrogens is 654 g/mol. The first-order chi connectivity index (χ1) is 22.5. The third kappa shape index (κ3) is 8.72. The molecule has 1 N–H and O–H groups in total. The van der Waals surface area contributed by atoms with Gasteiger partial charge in [-0.1, -0.05) is 6.07 Å². The minimum Gasteiger partial charge on any atom is -0.390 e. The second-order valence-corrected chi connectivity index (χ2v) is 16.4. The molecule has 1 aromatic heterocycles. The van der Waals surface area contributed by atoms with E-state index in [-0.39, 0.29) is 24.5 Å². The molecular formula is C32H47F3N6O4S2. The van der Waals surface area contributed by atoms with Gasteiger partial charge in [-0.25, -0.2) is 8.42 Å². The maximum absolute atomic E-state index is 14.1. The SMILES string of the molecule is CS(=O)(=O)N1CCc2c(c(-c3ccc(C(F)(F)F)c(SCCN4CCCC4)c3)nn2CC(O)CN2CCC(N3CCOCC3)CC2)C1. The number of aliphatic hydroxyl groups is 1. The number of thioether (sulfide) groups is 1. The van der Waals surface area contributed by atoms with Gasteiger partial charge in [0, 0.05) is 79.2 Å². The summed E-state index contributed by atoms with van der Waals surface area (Å²) in [5.74, 6) is 0.539. The third-order valence-electron chi connectivity index (χ3n) is 9.96. The number of alkyl halides is 3. The van der Waals surface area contributed by atoms with Crippen molar-refractivity contribution < 1.29 is 31.4 Å². The summed E-state index contributed by atoms with van der Waals surface area (Å²) in [6, 6.07) is 4.65. The number of piperidine rings is 1. The van der Waals surface area contributed by atoms with Crippen molar-refractivity contribution in [1.82, 2.24) is 28.8 Å². The zero-order valence-corrected chi connectivity index (χ0v) is 28.8. The zero-order chi connectivity index (χ0) is 33.2. The summed E-state index contributed by atoms with van der Waals surface area (Å²) in [5.41, 5.74) is 1.83. The number of benzene rings is 1. The first-order valence-corrected chi connectivity index (χ1v) is 19.6. The van der Waals surface area contributed by atoms with Crippen molar-refractivity contribution in [3.8, 4) is 11.3 Å². The molecule has 0 radical (unpaired) electrons. The Morgan fingerprint density at radius 1 is 1.02 bits per heavy atom. The number of β-amino-alcohol motifs (C(OH)–C–C–N with tert-alkyl or cyclic N) is 1. The average Bonchev–Trinajstić information content (AvgIpc) is 3.69. The van der Waals surface area contributed by atoms with Crippen LogP contribution in [-0.4, -0.2) is 139 Å². The molecule has 1 unspecified atom stereocenters. The number of rotatable bonds is 11. The number of nitrogens with zero attached hydrogens (tertiary/aromatic N) is 6. The van der Waals surface area contributed by atoms with Gasteiger partial charge in [-0.3, -0.25) is 9.58 Å². The van der Waals surface area contributed by atoms with Crippen LogP contribution >= 0.6 is 11.8 Å². The van der Waals surface area contributed by atoms with Gasteiger partial charge in [-0.15, -0.1) is 11.8 Å². The Balaban J connectivity index is 1.20. The van der Waals surface area contributed by atoms with Crippen molar-refractivity contribution in [2.75, 3.05) is 84.1 Å². The molecule has 3 saturated heterocycles. The highest BCUT2D eigenvalue weighted by Crippen LogP contribution is 2.40. The Bertz CT molecular complexity index is 1470. The van der Waals surface area contributed by atoms with Gasteiger partial charge < -0.3 is 19.6 Å². The van der Waals surface area contributed by atoms with Crippen molar-refractivity contribution in [3.63, 3.8) is 0 Å². The van der Waals surface area contributed by atoms with Gasteiger partial charge in [0.15, 0.2) is 0 Å². The zero-order valence-electron chi connectivity index (χ0n) is 27.1. The fourth-order valence-electron chi connectivity index (χ4n) is 7.41.